The second kappa shape index (κ2) is 6.68. The second-order valence-corrected chi connectivity index (χ2v) is 6.71. The first-order valence-corrected chi connectivity index (χ1v) is 8.80. The molecule has 2 aromatic carbocycles. The molecule has 0 radical (unpaired) electrons. The molecule has 1 N–H and O–H groups in total. The molecule has 0 saturated carbocycles. The van der Waals surface area contributed by atoms with Crippen LogP contribution in [0.25, 0.3) is 0 Å². The molecule has 7 heteroatoms. The lowest BCUT2D eigenvalue weighted by molar-refractivity contribution is 0.354. The van der Waals surface area contributed by atoms with Gasteiger partial charge in [-0.25, -0.2) is 4.68 Å². The van der Waals surface area contributed by atoms with Gasteiger partial charge in [0, 0.05) is 6.42 Å². The van der Waals surface area contributed by atoms with E-state index in [1.54, 1.807) is 26.0 Å². The van der Waals surface area contributed by atoms with Crippen LogP contribution in [0.15, 0.2) is 53.7 Å². The average Bonchev–Trinajstić information content (AvgIpc) is 3.24. The molecule has 0 saturated heterocycles. The number of hydrogen-bond acceptors (Lipinski definition) is 6. The summed E-state index contributed by atoms with van der Waals surface area (Å²) in [6.45, 7) is 0. The number of fused-ring (bicyclic) bond motifs is 1. The Morgan fingerprint density at radius 1 is 1.04 bits per heavy atom. The van der Waals surface area contributed by atoms with Crippen molar-refractivity contribution in [3.63, 3.8) is 0 Å². The lowest BCUT2D eigenvalue weighted by atomic mass is 10.1. The summed E-state index contributed by atoms with van der Waals surface area (Å²) in [7, 11) is 3.28. The zero-order valence-electron chi connectivity index (χ0n) is 14.0. The predicted molar refractivity (Wildman–Crippen MR) is 96.8 cm³/mol. The lowest BCUT2D eigenvalue weighted by Crippen LogP contribution is -2.16. The Balaban J connectivity index is 1.56. The summed E-state index contributed by atoms with van der Waals surface area (Å²) >= 11 is 1.64. The third-order valence-corrected chi connectivity index (χ3v) is 5.17. The van der Waals surface area contributed by atoms with E-state index in [0.29, 0.717) is 0 Å². The molecule has 0 amide bonds. The fourth-order valence-electron chi connectivity index (χ4n) is 2.81. The van der Waals surface area contributed by atoms with E-state index >= 15 is 0 Å². The second-order valence-electron chi connectivity index (χ2n) is 5.64. The van der Waals surface area contributed by atoms with Crippen LogP contribution in [0.4, 0.5) is 0 Å². The number of benzene rings is 2. The van der Waals surface area contributed by atoms with Crippen molar-refractivity contribution >= 4 is 11.8 Å². The minimum Gasteiger partial charge on any atom is -0.493 e. The molecule has 6 nitrogen and oxygen atoms in total. The molecule has 0 unspecified atom stereocenters. The summed E-state index contributed by atoms with van der Waals surface area (Å²) in [5, 5.41) is 9.53. The molecule has 0 spiro atoms. The van der Waals surface area contributed by atoms with Crippen LogP contribution in [0.2, 0.25) is 0 Å². The van der Waals surface area contributed by atoms with E-state index in [1.165, 1.54) is 5.56 Å². The first-order chi connectivity index (χ1) is 12.3. The molecule has 128 valence electrons. The maximum Gasteiger partial charge on any atom is 0.212 e. The number of hydrogen-bond donors (Lipinski definition) is 1. The smallest absolute Gasteiger partial charge is 0.212 e. The van der Waals surface area contributed by atoms with Gasteiger partial charge in [0.1, 0.15) is 5.37 Å². The van der Waals surface area contributed by atoms with Crippen LogP contribution in [-0.2, 0) is 6.42 Å². The Hall–Kier alpha value is -2.67. The van der Waals surface area contributed by atoms with E-state index in [9.17, 15) is 0 Å². The summed E-state index contributed by atoms with van der Waals surface area (Å²) in [5.41, 5.74) is 5.77. The number of nitrogens with one attached hydrogen (secondary N) is 1. The standard InChI is InChI=1S/C18H18N4O2S/c1-23-14-9-8-13(11-15(14)24-2)17-21-22-16(19-20-18(22)25-17)10-12-6-4-3-5-7-12/h3-9,11,17,21H,10H2,1-2H3/t17-/m0/s1. The summed E-state index contributed by atoms with van der Waals surface area (Å²) < 4.78 is 12.7. The molecule has 2 heterocycles. The first-order valence-electron chi connectivity index (χ1n) is 7.92. The fourth-order valence-corrected chi connectivity index (χ4v) is 3.81. The molecule has 4 rings (SSSR count). The highest BCUT2D eigenvalue weighted by atomic mass is 32.2. The quantitative estimate of drug-likeness (QED) is 0.759. The fraction of sp³-hybridized carbons (Fsp3) is 0.222. The van der Waals surface area contributed by atoms with E-state index in [2.05, 4.69) is 27.8 Å². The number of rotatable bonds is 5. The van der Waals surface area contributed by atoms with Crippen LogP contribution in [0.5, 0.6) is 11.5 Å². The molecule has 0 bridgehead atoms. The Morgan fingerprint density at radius 3 is 2.60 bits per heavy atom. The molecule has 3 aromatic rings. The largest absolute Gasteiger partial charge is 0.493 e. The third-order valence-electron chi connectivity index (χ3n) is 4.09. The molecule has 25 heavy (non-hydrogen) atoms. The monoisotopic (exact) mass is 354 g/mol. The van der Waals surface area contributed by atoms with Crippen LogP contribution in [-0.4, -0.2) is 29.1 Å². The van der Waals surface area contributed by atoms with Gasteiger partial charge in [-0.15, -0.1) is 10.2 Å². The van der Waals surface area contributed by atoms with Gasteiger partial charge in [-0.2, -0.15) is 0 Å². The molecule has 1 aromatic heterocycles. The van der Waals surface area contributed by atoms with Crippen molar-refractivity contribution in [2.75, 3.05) is 19.6 Å². The van der Waals surface area contributed by atoms with E-state index < -0.39 is 0 Å². The molecule has 0 aliphatic carbocycles. The van der Waals surface area contributed by atoms with Gasteiger partial charge in [-0.3, -0.25) is 0 Å². The summed E-state index contributed by atoms with van der Waals surface area (Å²) in [5.74, 6) is 2.34. The summed E-state index contributed by atoms with van der Waals surface area (Å²) in [6, 6.07) is 16.2. The van der Waals surface area contributed by atoms with Crippen molar-refractivity contribution in [2.45, 2.75) is 17.0 Å². The summed E-state index contributed by atoms with van der Waals surface area (Å²) in [4.78, 5) is 0. The first kappa shape index (κ1) is 15.8. The zero-order chi connectivity index (χ0) is 17.2. The highest BCUT2D eigenvalue weighted by Gasteiger charge is 2.28. The Bertz CT molecular complexity index is 882. The van der Waals surface area contributed by atoms with Crippen molar-refractivity contribution in [1.82, 2.24) is 14.9 Å². The van der Waals surface area contributed by atoms with Gasteiger partial charge < -0.3 is 14.9 Å². The van der Waals surface area contributed by atoms with E-state index in [1.807, 2.05) is 41.1 Å². The normalized spacial score (nSPS) is 15.5. The van der Waals surface area contributed by atoms with Gasteiger partial charge in [-0.1, -0.05) is 48.2 Å². The predicted octanol–water partition coefficient (Wildman–Crippen LogP) is 3.23. The number of nitrogens with zero attached hydrogens (tertiary/aromatic N) is 3. The van der Waals surface area contributed by atoms with Crippen molar-refractivity contribution in [2.24, 2.45) is 0 Å². The number of aromatic nitrogens is 3. The topological polar surface area (TPSA) is 61.2 Å². The van der Waals surface area contributed by atoms with Crippen molar-refractivity contribution in [3.8, 4) is 11.5 Å². The maximum atomic E-state index is 5.40. The third kappa shape index (κ3) is 3.02. The Labute approximate surface area is 150 Å². The summed E-state index contributed by atoms with van der Waals surface area (Å²) in [6.07, 6.45) is 0.736. The van der Waals surface area contributed by atoms with E-state index in [0.717, 1.165) is 34.5 Å². The molecular formula is C18H18N4O2S. The van der Waals surface area contributed by atoms with Gasteiger partial charge in [-0.05, 0) is 23.3 Å². The van der Waals surface area contributed by atoms with Crippen molar-refractivity contribution in [3.05, 3.63) is 65.5 Å². The van der Waals surface area contributed by atoms with Crippen molar-refractivity contribution in [1.29, 1.82) is 0 Å². The lowest BCUT2D eigenvalue weighted by Gasteiger charge is -2.15. The maximum absolute atomic E-state index is 5.40. The van der Waals surface area contributed by atoms with Gasteiger partial charge in [0.25, 0.3) is 0 Å². The minimum absolute atomic E-state index is 0.0554. The average molecular weight is 354 g/mol. The van der Waals surface area contributed by atoms with Crippen LogP contribution in [0, 0.1) is 0 Å². The van der Waals surface area contributed by atoms with Crippen LogP contribution < -0.4 is 14.9 Å². The van der Waals surface area contributed by atoms with E-state index in [4.69, 9.17) is 9.47 Å². The number of ether oxygens (including phenoxy) is 2. The van der Waals surface area contributed by atoms with E-state index in [-0.39, 0.29) is 5.37 Å². The highest BCUT2D eigenvalue weighted by Crippen LogP contribution is 2.41. The number of methoxy groups -OCH3 is 2. The zero-order valence-corrected chi connectivity index (χ0v) is 14.8. The van der Waals surface area contributed by atoms with Gasteiger partial charge in [0.15, 0.2) is 17.3 Å². The molecule has 0 fully saturated rings. The van der Waals surface area contributed by atoms with Crippen LogP contribution >= 0.6 is 11.8 Å². The van der Waals surface area contributed by atoms with Gasteiger partial charge >= 0.3 is 0 Å². The molecule has 1 aliphatic rings. The van der Waals surface area contributed by atoms with Crippen molar-refractivity contribution < 1.29 is 9.47 Å². The molecule has 1 aliphatic heterocycles. The Kier molecular flexibility index (Phi) is 4.23. The minimum atomic E-state index is 0.0554. The highest BCUT2D eigenvalue weighted by molar-refractivity contribution is 7.99. The SMILES string of the molecule is COc1ccc([C@H]2Nn3c(Cc4ccccc4)nnc3S2)cc1OC. The number of thioether (sulfide) groups is 1. The molecule has 1 atom stereocenters. The Morgan fingerprint density at radius 2 is 1.84 bits per heavy atom. The molecular weight excluding hydrogens is 336 g/mol. The van der Waals surface area contributed by atoms with Gasteiger partial charge in [0.05, 0.1) is 14.2 Å². The van der Waals surface area contributed by atoms with Crippen LogP contribution in [0.1, 0.15) is 22.3 Å². The van der Waals surface area contributed by atoms with Crippen LogP contribution in [0.3, 0.4) is 0 Å². The van der Waals surface area contributed by atoms with Gasteiger partial charge in [0.2, 0.25) is 5.16 Å².